The minimum absolute atomic E-state index is 0.118. The Morgan fingerprint density at radius 3 is 2.52 bits per heavy atom. The van der Waals surface area contributed by atoms with Crippen molar-refractivity contribution in [3.8, 4) is 5.75 Å². The van der Waals surface area contributed by atoms with Gasteiger partial charge < -0.3 is 14.4 Å². The monoisotopic (exact) mass is 347 g/mol. The molecule has 0 radical (unpaired) electrons. The summed E-state index contributed by atoms with van der Waals surface area (Å²) in [6.45, 7) is 3.16. The molecule has 5 heteroatoms. The molecule has 1 amide bonds. The number of esters is 1. The smallest absolute Gasteiger partial charge is 0.307 e. The zero-order valence-electron chi connectivity index (χ0n) is 15.1. The fourth-order valence-corrected chi connectivity index (χ4v) is 3.25. The molecule has 2 rings (SSSR count). The molecule has 5 nitrogen and oxygen atoms in total. The standard InChI is InChI=1S/C20H29NO4/c1-2-24-20(23)14-15-21(17-9-6-7-10-17)19(22)13-8-16-25-18-11-4-3-5-12-18/h3-5,11-12,17H,2,6-10,13-16H2,1H3. The summed E-state index contributed by atoms with van der Waals surface area (Å²) in [6.07, 6.45) is 5.79. The van der Waals surface area contributed by atoms with Crippen molar-refractivity contribution in [1.82, 2.24) is 4.90 Å². The molecule has 0 aromatic heterocycles. The summed E-state index contributed by atoms with van der Waals surface area (Å²) >= 11 is 0. The van der Waals surface area contributed by atoms with Crippen LogP contribution in [0.3, 0.4) is 0 Å². The largest absolute Gasteiger partial charge is 0.494 e. The average molecular weight is 347 g/mol. The van der Waals surface area contributed by atoms with Gasteiger partial charge in [0.1, 0.15) is 5.75 Å². The Bertz CT molecular complexity index is 526. The SMILES string of the molecule is CCOC(=O)CCN(C(=O)CCCOc1ccccc1)C1CCCC1. The summed E-state index contributed by atoms with van der Waals surface area (Å²) in [6, 6.07) is 9.89. The van der Waals surface area contributed by atoms with Crippen LogP contribution in [0.5, 0.6) is 5.75 Å². The van der Waals surface area contributed by atoms with Crippen molar-refractivity contribution >= 4 is 11.9 Å². The number of ether oxygens (including phenoxy) is 2. The Balaban J connectivity index is 1.77. The van der Waals surface area contributed by atoms with Crippen molar-refractivity contribution in [2.75, 3.05) is 19.8 Å². The Morgan fingerprint density at radius 1 is 1.12 bits per heavy atom. The van der Waals surface area contributed by atoms with Gasteiger partial charge in [0.05, 0.1) is 19.6 Å². The lowest BCUT2D eigenvalue weighted by Crippen LogP contribution is -2.40. The van der Waals surface area contributed by atoms with Crippen LogP contribution < -0.4 is 4.74 Å². The first kappa shape index (κ1) is 19.3. The van der Waals surface area contributed by atoms with Crippen molar-refractivity contribution in [2.45, 2.75) is 57.9 Å². The predicted octanol–water partition coefficient (Wildman–Crippen LogP) is 3.57. The number of hydrogen-bond donors (Lipinski definition) is 0. The lowest BCUT2D eigenvalue weighted by Gasteiger charge is -2.29. The number of nitrogens with zero attached hydrogens (tertiary/aromatic N) is 1. The molecule has 1 aliphatic carbocycles. The van der Waals surface area contributed by atoms with E-state index in [1.165, 1.54) is 0 Å². The fraction of sp³-hybridized carbons (Fsp3) is 0.600. The second-order valence-electron chi connectivity index (χ2n) is 6.35. The topological polar surface area (TPSA) is 55.8 Å². The molecule has 1 saturated carbocycles. The molecule has 0 heterocycles. The van der Waals surface area contributed by atoms with Gasteiger partial charge >= 0.3 is 5.97 Å². The van der Waals surface area contributed by atoms with Gasteiger partial charge in [-0.3, -0.25) is 9.59 Å². The number of hydrogen-bond acceptors (Lipinski definition) is 4. The van der Waals surface area contributed by atoms with Crippen LogP contribution in [0.25, 0.3) is 0 Å². The van der Waals surface area contributed by atoms with Crippen LogP contribution in [-0.2, 0) is 14.3 Å². The molecule has 0 N–H and O–H groups in total. The normalized spacial score (nSPS) is 14.3. The van der Waals surface area contributed by atoms with E-state index >= 15 is 0 Å². The van der Waals surface area contributed by atoms with Gasteiger partial charge in [-0.2, -0.15) is 0 Å². The molecule has 0 bridgehead atoms. The van der Waals surface area contributed by atoms with Crippen LogP contribution in [-0.4, -0.2) is 42.6 Å². The van der Waals surface area contributed by atoms with Crippen LogP contribution in [0.15, 0.2) is 30.3 Å². The molecule has 1 aliphatic rings. The average Bonchev–Trinajstić information content (AvgIpc) is 3.14. The van der Waals surface area contributed by atoms with Crippen molar-refractivity contribution in [3.05, 3.63) is 30.3 Å². The van der Waals surface area contributed by atoms with Crippen LogP contribution in [0.2, 0.25) is 0 Å². The zero-order chi connectivity index (χ0) is 17.9. The third-order valence-corrected chi connectivity index (χ3v) is 4.49. The Morgan fingerprint density at radius 2 is 1.84 bits per heavy atom. The lowest BCUT2D eigenvalue weighted by atomic mass is 10.1. The highest BCUT2D eigenvalue weighted by atomic mass is 16.5. The molecule has 0 saturated heterocycles. The van der Waals surface area contributed by atoms with Gasteiger partial charge in [-0.1, -0.05) is 31.0 Å². The molecule has 0 aliphatic heterocycles. The Hall–Kier alpha value is -2.04. The molecule has 0 atom stereocenters. The van der Waals surface area contributed by atoms with Crippen molar-refractivity contribution in [1.29, 1.82) is 0 Å². The summed E-state index contributed by atoms with van der Waals surface area (Å²) in [5, 5.41) is 0. The Kier molecular flexibility index (Phi) is 8.29. The summed E-state index contributed by atoms with van der Waals surface area (Å²) in [5.74, 6) is 0.712. The summed E-state index contributed by atoms with van der Waals surface area (Å²) in [5.41, 5.74) is 0. The van der Waals surface area contributed by atoms with E-state index in [1.54, 1.807) is 6.92 Å². The van der Waals surface area contributed by atoms with Crippen LogP contribution in [0.1, 0.15) is 51.9 Å². The minimum atomic E-state index is -0.231. The van der Waals surface area contributed by atoms with Gasteiger partial charge in [0.2, 0.25) is 5.91 Å². The van der Waals surface area contributed by atoms with E-state index in [1.807, 2.05) is 35.2 Å². The second kappa shape index (κ2) is 10.7. The maximum Gasteiger partial charge on any atom is 0.307 e. The highest BCUT2D eigenvalue weighted by Crippen LogP contribution is 2.24. The molecular formula is C20H29NO4. The van der Waals surface area contributed by atoms with Gasteiger partial charge in [0.25, 0.3) is 0 Å². The maximum atomic E-state index is 12.6. The van der Waals surface area contributed by atoms with Crippen molar-refractivity contribution in [2.24, 2.45) is 0 Å². The third-order valence-electron chi connectivity index (χ3n) is 4.49. The zero-order valence-corrected chi connectivity index (χ0v) is 15.1. The first-order valence-electron chi connectivity index (χ1n) is 9.33. The number of rotatable bonds is 10. The summed E-state index contributed by atoms with van der Waals surface area (Å²) in [4.78, 5) is 26.1. The molecule has 1 aromatic carbocycles. The minimum Gasteiger partial charge on any atom is -0.494 e. The third kappa shape index (κ3) is 6.77. The van der Waals surface area contributed by atoms with Gasteiger partial charge in [-0.25, -0.2) is 0 Å². The van der Waals surface area contributed by atoms with Crippen LogP contribution in [0, 0.1) is 0 Å². The van der Waals surface area contributed by atoms with E-state index in [-0.39, 0.29) is 24.3 Å². The van der Waals surface area contributed by atoms with E-state index < -0.39 is 0 Å². The van der Waals surface area contributed by atoms with Crippen molar-refractivity contribution < 1.29 is 19.1 Å². The molecule has 0 spiro atoms. The number of para-hydroxylation sites is 1. The number of carbonyl (C=O) groups is 2. The van der Waals surface area contributed by atoms with Gasteiger partial charge in [0, 0.05) is 19.0 Å². The molecule has 0 unspecified atom stereocenters. The quantitative estimate of drug-likeness (QED) is 0.480. The highest BCUT2D eigenvalue weighted by molar-refractivity contribution is 5.77. The number of carbonyl (C=O) groups excluding carboxylic acids is 2. The van der Waals surface area contributed by atoms with E-state index in [0.29, 0.717) is 32.6 Å². The van der Waals surface area contributed by atoms with E-state index in [0.717, 1.165) is 31.4 Å². The highest BCUT2D eigenvalue weighted by Gasteiger charge is 2.26. The van der Waals surface area contributed by atoms with Crippen LogP contribution in [0.4, 0.5) is 0 Å². The van der Waals surface area contributed by atoms with E-state index in [2.05, 4.69) is 0 Å². The molecule has 138 valence electrons. The van der Waals surface area contributed by atoms with E-state index in [9.17, 15) is 9.59 Å². The number of benzene rings is 1. The lowest BCUT2D eigenvalue weighted by molar-refractivity contribution is -0.144. The van der Waals surface area contributed by atoms with E-state index in [4.69, 9.17) is 9.47 Å². The maximum absolute atomic E-state index is 12.6. The summed E-state index contributed by atoms with van der Waals surface area (Å²) in [7, 11) is 0. The first-order valence-corrected chi connectivity index (χ1v) is 9.33. The van der Waals surface area contributed by atoms with Gasteiger partial charge in [-0.05, 0) is 38.3 Å². The molecule has 1 aromatic rings. The first-order chi connectivity index (χ1) is 12.2. The predicted molar refractivity (Wildman–Crippen MR) is 96.4 cm³/mol. The fourth-order valence-electron chi connectivity index (χ4n) is 3.25. The Labute approximate surface area is 150 Å². The molecule has 25 heavy (non-hydrogen) atoms. The summed E-state index contributed by atoms with van der Waals surface area (Å²) < 4.78 is 10.6. The number of amides is 1. The van der Waals surface area contributed by atoms with Crippen molar-refractivity contribution in [3.63, 3.8) is 0 Å². The van der Waals surface area contributed by atoms with Crippen LogP contribution >= 0.6 is 0 Å². The molecule has 1 fully saturated rings. The van der Waals surface area contributed by atoms with Gasteiger partial charge in [0.15, 0.2) is 0 Å². The van der Waals surface area contributed by atoms with Gasteiger partial charge in [-0.15, -0.1) is 0 Å². The second-order valence-corrected chi connectivity index (χ2v) is 6.35. The molecular weight excluding hydrogens is 318 g/mol.